The first-order valence-electron chi connectivity index (χ1n) is 20.5. The Balaban J connectivity index is 2.12. The van der Waals surface area contributed by atoms with Crippen LogP contribution in [0.3, 0.4) is 0 Å². The highest BCUT2D eigenvalue weighted by molar-refractivity contribution is 4.97. The van der Waals surface area contributed by atoms with Crippen molar-refractivity contribution in [2.75, 3.05) is 13.1 Å². The Hall–Kier alpha value is -0.660. The van der Waals surface area contributed by atoms with Gasteiger partial charge in [-0.2, -0.15) is 0 Å². The monoisotopic (exact) mass is 603 g/mol. The minimum Gasteiger partial charge on any atom is -0.356 e. The molecule has 0 saturated heterocycles. The van der Waals surface area contributed by atoms with Crippen LogP contribution < -0.4 is 0 Å². The largest absolute Gasteiger partial charge is 0.356 e. The second kappa shape index (κ2) is 32.7. The van der Waals surface area contributed by atoms with Crippen molar-refractivity contribution in [3.63, 3.8) is 0 Å². The summed E-state index contributed by atoms with van der Waals surface area (Å²) in [5, 5.41) is 0. The highest BCUT2D eigenvalue weighted by Gasteiger charge is 2.24. The number of nitrogens with zero attached hydrogens (tertiary/aromatic N) is 2. The van der Waals surface area contributed by atoms with E-state index in [1.807, 2.05) is 0 Å². The maximum atomic E-state index is 2.72. The third kappa shape index (κ3) is 25.2. The van der Waals surface area contributed by atoms with E-state index in [1.54, 1.807) is 0 Å². The lowest BCUT2D eigenvalue weighted by molar-refractivity contribution is 0.135. The van der Waals surface area contributed by atoms with E-state index < -0.39 is 0 Å². The minimum atomic E-state index is 0.640. The topological polar surface area (TPSA) is 6.48 Å². The molecule has 256 valence electrons. The molecule has 0 spiro atoms. The van der Waals surface area contributed by atoms with Crippen molar-refractivity contribution < 1.29 is 0 Å². The summed E-state index contributed by atoms with van der Waals surface area (Å²) in [6, 6.07) is 0. The highest BCUT2D eigenvalue weighted by Crippen LogP contribution is 2.24. The molecule has 0 aromatic heterocycles. The van der Waals surface area contributed by atoms with Crippen molar-refractivity contribution in [2.45, 2.75) is 239 Å². The van der Waals surface area contributed by atoms with Gasteiger partial charge in [0.05, 0.1) is 0 Å². The minimum absolute atomic E-state index is 0.640. The van der Waals surface area contributed by atoms with Crippen LogP contribution >= 0.6 is 0 Å². The Kier molecular flexibility index (Phi) is 30.7. The van der Waals surface area contributed by atoms with Gasteiger partial charge in [0.1, 0.15) is 6.17 Å². The zero-order valence-electron chi connectivity index (χ0n) is 30.4. The third-order valence-electron chi connectivity index (χ3n) is 10.1. The standard InChI is InChI=1S/C41H82N2/c1-4-7-10-13-16-18-19-20-21-22-23-24-25-26-29-32-35-38-43-40-39-42(37-34-31-28-15-12-9-6-3)41(43)36-33-30-27-17-14-11-8-5-2/h39-41H,4-38H2,1-3H3. The Morgan fingerprint density at radius 2 is 0.535 bits per heavy atom. The van der Waals surface area contributed by atoms with Crippen LogP contribution in [0.15, 0.2) is 12.4 Å². The molecule has 1 rings (SSSR count). The maximum absolute atomic E-state index is 2.72. The Bertz CT molecular complexity index is 558. The van der Waals surface area contributed by atoms with Crippen LogP contribution in [0.2, 0.25) is 0 Å². The molecule has 0 bridgehead atoms. The second-order valence-electron chi connectivity index (χ2n) is 14.3. The molecule has 1 aliphatic heterocycles. The van der Waals surface area contributed by atoms with Gasteiger partial charge >= 0.3 is 0 Å². The quantitative estimate of drug-likeness (QED) is 0.0666. The first-order valence-corrected chi connectivity index (χ1v) is 20.5. The average Bonchev–Trinajstić information content (AvgIpc) is 3.40. The predicted octanol–water partition coefficient (Wildman–Crippen LogP) is 14.3. The molecule has 0 N–H and O–H groups in total. The SMILES string of the molecule is CCCCCCCCCCCCCCCCCCCN1C=CN(CCCCCCCCC)C1CCCCCCCCCC. The summed E-state index contributed by atoms with van der Waals surface area (Å²) >= 11 is 0. The van der Waals surface area contributed by atoms with Gasteiger partial charge in [-0.15, -0.1) is 0 Å². The molecule has 1 unspecified atom stereocenters. The van der Waals surface area contributed by atoms with Gasteiger partial charge in [0.2, 0.25) is 0 Å². The molecule has 0 amide bonds. The molecule has 0 saturated carbocycles. The van der Waals surface area contributed by atoms with Gasteiger partial charge in [-0.1, -0.05) is 207 Å². The number of hydrogen-bond donors (Lipinski definition) is 0. The van der Waals surface area contributed by atoms with E-state index in [0.717, 1.165) is 0 Å². The fourth-order valence-corrected chi connectivity index (χ4v) is 7.07. The van der Waals surface area contributed by atoms with Crippen LogP contribution in [0.25, 0.3) is 0 Å². The highest BCUT2D eigenvalue weighted by atomic mass is 15.4. The molecule has 2 heteroatoms. The van der Waals surface area contributed by atoms with Crippen LogP contribution in [0.1, 0.15) is 233 Å². The van der Waals surface area contributed by atoms with Crippen molar-refractivity contribution in [3.8, 4) is 0 Å². The predicted molar refractivity (Wildman–Crippen MR) is 196 cm³/mol. The van der Waals surface area contributed by atoms with Crippen LogP contribution in [0.4, 0.5) is 0 Å². The van der Waals surface area contributed by atoms with Crippen LogP contribution in [-0.2, 0) is 0 Å². The molecule has 0 aromatic carbocycles. The lowest BCUT2D eigenvalue weighted by Gasteiger charge is -2.33. The van der Waals surface area contributed by atoms with E-state index in [1.165, 1.54) is 225 Å². The van der Waals surface area contributed by atoms with Gasteiger partial charge in [-0.3, -0.25) is 0 Å². The summed E-state index contributed by atoms with van der Waals surface area (Å²) in [6.07, 6.45) is 52.9. The number of rotatable bonds is 35. The molecule has 1 atom stereocenters. The van der Waals surface area contributed by atoms with Gasteiger partial charge in [-0.05, 0) is 25.7 Å². The summed E-state index contributed by atoms with van der Waals surface area (Å²) in [5.41, 5.74) is 0. The van der Waals surface area contributed by atoms with Gasteiger partial charge in [0, 0.05) is 25.5 Å². The van der Waals surface area contributed by atoms with Crippen molar-refractivity contribution in [3.05, 3.63) is 12.4 Å². The van der Waals surface area contributed by atoms with Gasteiger partial charge in [-0.25, -0.2) is 0 Å². The summed E-state index contributed by atoms with van der Waals surface area (Å²) in [5.74, 6) is 0. The van der Waals surface area contributed by atoms with E-state index in [9.17, 15) is 0 Å². The molecule has 43 heavy (non-hydrogen) atoms. The molecule has 2 nitrogen and oxygen atoms in total. The molecular weight excluding hydrogens is 520 g/mol. The lowest BCUT2D eigenvalue weighted by atomic mass is 10.0. The van der Waals surface area contributed by atoms with Gasteiger partial charge in [0.25, 0.3) is 0 Å². The van der Waals surface area contributed by atoms with Crippen molar-refractivity contribution in [2.24, 2.45) is 0 Å². The normalized spacial score (nSPS) is 14.9. The van der Waals surface area contributed by atoms with Crippen LogP contribution in [0.5, 0.6) is 0 Å². The first-order chi connectivity index (χ1) is 21.3. The molecular formula is C41H82N2. The molecule has 0 aromatic rings. The van der Waals surface area contributed by atoms with E-state index in [4.69, 9.17) is 0 Å². The smallest absolute Gasteiger partial charge is 0.101 e. The van der Waals surface area contributed by atoms with E-state index >= 15 is 0 Å². The third-order valence-corrected chi connectivity index (χ3v) is 10.1. The lowest BCUT2D eigenvalue weighted by Crippen LogP contribution is -2.39. The summed E-state index contributed by atoms with van der Waals surface area (Å²) in [4.78, 5) is 5.43. The fourth-order valence-electron chi connectivity index (χ4n) is 7.07. The van der Waals surface area contributed by atoms with Crippen molar-refractivity contribution in [1.82, 2.24) is 9.80 Å². The van der Waals surface area contributed by atoms with Crippen molar-refractivity contribution >= 4 is 0 Å². The number of unbranched alkanes of at least 4 members (excludes halogenated alkanes) is 29. The van der Waals surface area contributed by atoms with Crippen LogP contribution in [0, 0.1) is 0 Å². The Labute approximate surface area is 273 Å². The number of hydrogen-bond acceptors (Lipinski definition) is 2. The van der Waals surface area contributed by atoms with Crippen LogP contribution in [-0.4, -0.2) is 29.1 Å². The molecule has 0 aliphatic carbocycles. The maximum Gasteiger partial charge on any atom is 0.101 e. The van der Waals surface area contributed by atoms with E-state index in [-0.39, 0.29) is 0 Å². The Morgan fingerprint density at radius 1 is 0.302 bits per heavy atom. The Morgan fingerprint density at radius 3 is 0.814 bits per heavy atom. The van der Waals surface area contributed by atoms with Gasteiger partial charge in [0.15, 0.2) is 0 Å². The van der Waals surface area contributed by atoms with E-state index in [2.05, 4.69) is 43.0 Å². The summed E-state index contributed by atoms with van der Waals surface area (Å²) in [7, 11) is 0. The van der Waals surface area contributed by atoms with Crippen molar-refractivity contribution in [1.29, 1.82) is 0 Å². The zero-order chi connectivity index (χ0) is 30.9. The first kappa shape index (κ1) is 40.4. The summed E-state index contributed by atoms with van der Waals surface area (Å²) in [6.45, 7) is 9.48. The molecule has 1 heterocycles. The molecule has 0 radical (unpaired) electrons. The molecule has 0 fully saturated rings. The van der Waals surface area contributed by atoms with Gasteiger partial charge < -0.3 is 9.80 Å². The zero-order valence-corrected chi connectivity index (χ0v) is 30.4. The molecule has 1 aliphatic rings. The fraction of sp³-hybridized carbons (Fsp3) is 0.951. The van der Waals surface area contributed by atoms with E-state index in [0.29, 0.717) is 6.17 Å². The summed E-state index contributed by atoms with van der Waals surface area (Å²) < 4.78 is 0. The average molecular weight is 603 g/mol. The second-order valence-corrected chi connectivity index (χ2v) is 14.3.